The van der Waals surface area contributed by atoms with Crippen LogP contribution in [0.5, 0.6) is 5.75 Å². The summed E-state index contributed by atoms with van der Waals surface area (Å²) in [6.07, 6.45) is 0. The minimum Gasteiger partial charge on any atom is -0.490 e. The van der Waals surface area contributed by atoms with E-state index in [1.807, 2.05) is 30.3 Å². The molecule has 0 bridgehead atoms. The number of aromatic nitrogens is 2. The second-order valence-electron chi connectivity index (χ2n) is 3.18. The average molecular weight is 234 g/mol. The van der Waals surface area contributed by atoms with E-state index in [2.05, 4.69) is 9.97 Å². The Kier molecular flexibility index (Phi) is 2.87. The molecule has 0 saturated heterocycles. The lowest BCUT2D eigenvalue weighted by atomic mass is 10.1. The molecule has 16 heavy (non-hydrogen) atoms. The summed E-state index contributed by atoms with van der Waals surface area (Å²) < 4.78 is 5.35. The van der Waals surface area contributed by atoms with Crippen molar-refractivity contribution in [3.8, 4) is 17.0 Å². The fourth-order valence-corrected chi connectivity index (χ4v) is 1.67. The van der Waals surface area contributed by atoms with Crippen molar-refractivity contribution in [3.63, 3.8) is 0 Å². The van der Waals surface area contributed by atoms with E-state index in [0.29, 0.717) is 5.69 Å². The van der Waals surface area contributed by atoms with Crippen LogP contribution in [-0.4, -0.2) is 17.1 Å². The van der Waals surface area contributed by atoms with Crippen LogP contribution >= 0.6 is 12.2 Å². The fraction of sp³-hybridized carbons (Fsp3) is 0.0909. The summed E-state index contributed by atoms with van der Waals surface area (Å²) >= 11 is 4.93. The molecular formula is C11H10N2O2S. The van der Waals surface area contributed by atoms with E-state index >= 15 is 0 Å². The van der Waals surface area contributed by atoms with E-state index in [9.17, 15) is 4.79 Å². The SMILES string of the molecule is COc1c(-c2ccccc2)[nH]c(=S)[nH]c1=O. The van der Waals surface area contributed by atoms with E-state index in [4.69, 9.17) is 17.0 Å². The van der Waals surface area contributed by atoms with Crippen molar-refractivity contribution < 1.29 is 4.74 Å². The third-order valence-corrected chi connectivity index (χ3v) is 2.37. The second kappa shape index (κ2) is 4.32. The van der Waals surface area contributed by atoms with Gasteiger partial charge in [0, 0.05) is 5.56 Å². The van der Waals surface area contributed by atoms with Crippen molar-refractivity contribution in [1.82, 2.24) is 9.97 Å². The summed E-state index contributed by atoms with van der Waals surface area (Å²) in [5, 5.41) is 0. The molecule has 0 radical (unpaired) electrons. The molecule has 1 aromatic heterocycles. The zero-order valence-electron chi connectivity index (χ0n) is 8.61. The number of hydrogen-bond donors (Lipinski definition) is 2. The maximum Gasteiger partial charge on any atom is 0.294 e. The van der Waals surface area contributed by atoms with Gasteiger partial charge in [0.25, 0.3) is 5.56 Å². The van der Waals surface area contributed by atoms with Gasteiger partial charge in [-0.25, -0.2) is 0 Å². The minimum absolute atomic E-state index is 0.236. The van der Waals surface area contributed by atoms with E-state index in [1.165, 1.54) is 7.11 Å². The number of methoxy groups -OCH3 is 1. The van der Waals surface area contributed by atoms with Crippen LogP contribution in [0.1, 0.15) is 0 Å². The average Bonchev–Trinajstić information content (AvgIpc) is 2.29. The largest absolute Gasteiger partial charge is 0.490 e. The Morgan fingerprint density at radius 1 is 1.19 bits per heavy atom. The smallest absolute Gasteiger partial charge is 0.294 e. The highest BCUT2D eigenvalue weighted by atomic mass is 32.1. The highest BCUT2D eigenvalue weighted by molar-refractivity contribution is 7.71. The number of nitrogens with one attached hydrogen (secondary N) is 2. The van der Waals surface area contributed by atoms with Gasteiger partial charge in [-0.2, -0.15) is 0 Å². The van der Waals surface area contributed by atoms with Crippen molar-refractivity contribution in [1.29, 1.82) is 0 Å². The van der Waals surface area contributed by atoms with Crippen LogP contribution < -0.4 is 10.3 Å². The van der Waals surface area contributed by atoms with Gasteiger partial charge in [-0.05, 0) is 12.2 Å². The van der Waals surface area contributed by atoms with Crippen LogP contribution in [0.3, 0.4) is 0 Å². The molecule has 2 aromatic rings. The van der Waals surface area contributed by atoms with E-state index in [0.717, 1.165) is 5.56 Å². The van der Waals surface area contributed by atoms with Crippen LogP contribution in [0, 0.1) is 4.77 Å². The third-order valence-electron chi connectivity index (χ3n) is 2.17. The van der Waals surface area contributed by atoms with E-state index < -0.39 is 0 Å². The van der Waals surface area contributed by atoms with Gasteiger partial charge in [0.15, 0.2) is 4.77 Å². The van der Waals surface area contributed by atoms with Crippen molar-refractivity contribution in [2.45, 2.75) is 0 Å². The zero-order valence-corrected chi connectivity index (χ0v) is 9.43. The highest BCUT2D eigenvalue weighted by Crippen LogP contribution is 2.23. The Morgan fingerprint density at radius 2 is 1.88 bits per heavy atom. The summed E-state index contributed by atoms with van der Waals surface area (Å²) in [5.74, 6) is 0.236. The highest BCUT2D eigenvalue weighted by Gasteiger charge is 2.09. The lowest BCUT2D eigenvalue weighted by Gasteiger charge is -2.06. The first-order valence-electron chi connectivity index (χ1n) is 4.68. The molecule has 0 aliphatic rings. The van der Waals surface area contributed by atoms with Crippen molar-refractivity contribution in [3.05, 3.63) is 45.5 Å². The standard InChI is InChI=1S/C11H10N2O2S/c1-15-9-8(7-5-3-2-4-6-7)12-11(16)13-10(9)14/h2-6H,1H3,(H2,12,13,14,16). The number of hydrogen-bond acceptors (Lipinski definition) is 3. The maximum absolute atomic E-state index is 11.6. The number of rotatable bonds is 2. The van der Waals surface area contributed by atoms with Crippen LogP contribution in [0.2, 0.25) is 0 Å². The molecule has 5 heteroatoms. The topological polar surface area (TPSA) is 57.9 Å². The molecule has 2 rings (SSSR count). The lowest BCUT2D eigenvalue weighted by Crippen LogP contribution is -2.12. The molecule has 0 atom stereocenters. The van der Waals surface area contributed by atoms with Crippen LogP contribution in [-0.2, 0) is 0 Å². The molecule has 4 nitrogen and oxygen atoms in total. The number of benzene rings is 1. The number of aromatic amines is 2. The van der Waals surface area contributed by atoms with E-state index in [-0.39, 0.29) is 16.1 Å². The molecule has 82 valence electrons. The molecule has 0 saturated carbocycles. The van der Waals surface area contributed by atoms with Crippen molar-refractivity contribution >= 4 is 12.2 Å². The van der Waals surface area contributed by atoms with Gasteiger partial charge in [-0.1, -0.05) is 30.3 Å². The van der Waals surface area contributed by atoms with Crippen molar-refractivity contribution in [2.24, 2.45) is 0 Å². The quantitative estimate of drug-likeness (QED) is 0.782. The summed E-state index contributed by atoms with van der Waals surface area (Å²) in [6, 6.07) is 9.42. The predicted molar refractivity (Wildman–Crippen MR) is 64.2 cm³/mol. The maximum atomic E-state index is 11.6. The molecule has 1 heterocycles. The second-order valence-corrected chi connectivity index (χ2v) is 3.59. The Bertz CT molecular complexity index is 601. The minimum atomic E-state index is -0.329. The molecule has 2 N–H and O–H groups in total. The third kappa shape index (κ3) is 1.90. The molecular weight excluding hydrogens is 224 g/mol. The predicted octanol–water partition coefficient (Wildman–Crippen LogP) is 2.11. The first-order chi connectivity index (χ1) is 7.72. The Balaban J connectivity index is 2.74. The Labute approximate surface area is 96.9 Å². The molecule has 0 spiro atoms. The molecule has 0 fully saturated rings. The Morgan fingerprint density at radius 3 is 2.50 bits per heavy atom. The summed E-state index contributed by atoms with van der Waals surface area (Å²) in [6.45, 7) is 0. The van der Waals surface area contributed by atoms with Gasteiger partial charge in [-0.3, -0.25) is 9.78 Å². The molecule has 0 unspecified atom stereocenters. The van der Waals surface area contributed by atoms with Gasteiger partial charge in [0.2, 0.25) is 5.75 Å². The monoisotopic (exact) mass is 234 g/mol. The van der Waals surface area contributed by atoms with Gasteiger partial charge in [0.05, 0.1) is 12.8 Å². The lowest BCUT2D eigenvalue weighted by molar-refractivity contribution is 0.407. The summed E-state index contributed by atoms with van der Waals surface area (Å²) in [4.78, 5) is 17.0. The Hall–Kier alpha value is -1.88. The number of ether oxygens (including phenoxy) is 1. The van der Waals surface area contributed by atoms with Crippen molar-refractivity contribution in [2.75, 3.05) is 7.11 Å². The first kappa shape index (κ1) is 10.6. The van der Waals surface area contributed by atoms with Crippen LogP contribution in [0.25, 0.3) is 11.3 Å². The zero-order chi connectivity index (χ0) is 11.5. The normalized spacial score (nSPS) is 10.1. The van der Waals surface area contributed by atoms with Crippen LogP contribution in [0.15, 0.2) is 35.1 Å². The molecule has 0 aliphatic carbocycles. The van der Waals surface area contributed by atoms with Gasteiger partial charge < -0.3 is 9.72 Å². The fourth-order valence-electron chi connectivity index (χ4n) is 1.48. The molecule has 0 amide bonds. The molecule has 1 aromatic carbocycles. The summed E-state index contributed by atoms with van der Waals surface area (Å²) in [7, 11) is 1.45. The number of H-pyrrole nitrogens is 2. The van der Waals surface area contributed by atoms with Gasteiger partial charge >= 0.3 is 0 Å². The first-order valence-corrected chi connectivity index (χ1v) is 5.09. The van der Waals surface area contributed by atoms with E-state index in [1.54, 1.807) is 0 Å². The summed E-state index contributed by atoms with van der Waals surface area (Å²) in [5.41, 5.74) is 1.12. The van der Waals surface area contributed by atoms with Crippen LogP contribution in [0.4, 0.5) is 0 Å². The van der Waals surface area contributed by atoms with Gasteiger partial charge in [-0.15, -0.1) is 0 Å². The molecule has 0 aliphatic heterocycles. The van der Waals surface area contributed by atoms with Gasteiger partial charge in [0.1, 0.15) is 0 Å².